The van der Waals surface area contributed by atoms with E-state index in [4.69, 9.17) is 4.74 Å². The van der Waals surface area contributed by atoms with Gasteiger partial charge in [-0.15, -0.1) is 0 Å². The van der Waals surface area contributed by atoms with Crippen molar-refractivity contribution in [2.45, 2.75) is 13.0 Å². The van der Waals surface area contributed by atoms with Crippen LogP contribution in [-0.4, -0.2) is 25.1 Å². The van der Waals surface area contributed by atoms with Gasteiger partial charge in [0, 0.05) is 25.2 Å². The van der Waals surface area contributed by atoms with Crippen molar-refractivity contribution in [1.82, 2.24) is 4.90 Å². The van der Waals surface area contributed by atoms with Gasteiger partial charge in [0.15, 0.2) is 0 Å². The summed E-state index contributed by atoms with van der Waals surface area (Å²) in [5.41, 5.74) is 3.91. The molecule has 1 aliphatic rings. The number of benzene rings is 2. The van der Waals surface area contributed by atoms with E-state index in [0.717, 1.165) is 37.4 Å². The molecule has 0 unspecified atom stereocenters. The molecule has 0 saturated heterocycles. The van der Waals surface area contributed by atoms with Crippen LogP contribution >= 0.6 is 0 Å². The first-order chi connectivity index (χ1) is 11.3. The molecule has 3 rings (SSSR count). The second-order valence-electron chi connectivity index (χ2n) is 5.83. The highest BCUT2D eigenvalue weighted by atomic mass is 16.5. The zero-order valence-electron chi connectivity index (χ0n) is 13.6. The Balaban J connectivity index is 1.60. The van der Waals surface area contributed by atoms with Crippen LogP contribution in [0.1, 0.15) is 17.5 Å². The molecule has 2 nitrogen and oxygen atoms in total. The molecular formula is C21H23NO. The maximum absolute atomic E-state index is 5.39. The Bertz CT molecular complexity index is 688. The van der Waals surface area contributed by atoms with Crippen LogP contribution in [0.25, 0.3) is 6.08 Å². The molecule has 118 valence electrons. The standard InChI is InChI=1S/C21H23NO/c1-23-21-10-6-5-9-20(21)12-11-18-13-15-22(16-14-18)17-19-7-3-2-4-8-19/h2-13H,14-17H2,1H3. The molecule has 2 heteroatoms. The zero-order chi connectivity index (χ0) is 15.9. The topological polar surface area (TPSA) is 12.5 Å². The number of methoxy groups -OCH3 is 1. The predicted molar refractivity (Wildman–Crippen MR) is 96.4 cm³/mol. The summed E-state index contributed by atoms with van der Waals surface area (Å²) in [6, 6.07) is 18.8. The highest BCUT2D eigenvalue weighted by Gasteiger charge is 2.10. The lowest BCUT2D eigenvalue weighted by Crippen LogP contribution is -2.27. The Kier molecular flexibility index (Phi) is 5.28. The van der Waals surface area contributed by atoms with Crippen LogP contribution in [0.2, 0.25) is 0 Å². The van der Waals surface area contributed by atoms with E-state index in [2.05, 4.69) is 59.5 Å². The summed E-state index contributed by atoms with van der Waals surface area (Å²) in [6.45, 7) is 3.15. The number of rotatable bonds is 5. The van der Waals surface area contributed by atoms with E-state index in [-0.39, 0.29) is 0 Å². The molecule has 0 aliphatic carbocycles. The van der Waals surface area contributed by atoms with E-state index in [9.17, 15) is 0 Å². The molecule has 0 spiro atoms. The van der Waals surface area contributed by atoms with E-state index < -0.39 is 0 Å². The van der Waals surface area contributed by atoms with Gasteiger partial charge in [0.1, 0.15) is 5.75 Å². The van der Waals surface area contributed by atoms with Crippen LogP contribution in [-0.2, 0) is 6.54 Å². The minimum absolute atomic E-state index is 0.922. The number of nitrogens with zero attached hydrogens (tertiary/aromatic N) is 1. The van der Waals surface area contributed by atoms with Crippen LogP contribution in [0.5, 0.6) is 5.75 Å². The Hall–Kier alpha value is -2.32. The van der Waals surface area contributed by atoms with Gasteiger partial charge in [-0.3, -0.25) is 4.90 Å². The van der Waals surface area contributed by atoms with Crippen molar-refractivity contribution in [3.63, 3.8) is 0 Å². The fourth-order valence-electron chi connectivity index (χ4n) is 2.86. The molecule has 0 amide bonds. The first-order valence-corrected chi connectivity index (χ1v) is 8.11. The second kappa shape index (κ2) is 7.80. The number of para-hydroxylation sites is 1. The summed E-state index contributed by atoms with van der Waals surface area (Å²) < 4.78 is 5.39. The zero-order valence-corrected chi connectivity index (χ0v) is 13.6. The fraction of sp³-hybridized carbons (Fsp3) is 0.238. The van der Waals surface area contributed by atoms with Crippen LogP contribution in [0.15, 0.2) is 72.3 Å². The largest absolute Gasteiger partial charge is 0.496 e. The Morgan fingerprint density at radius 1 is 1.00 bits per heavy atom. The van der Waals surface area contributed by atoms with E-state index in [1.165, 1.54) is 11.1 Å². The molecule has 1 heterocycles. The molecule has 0 fully saturated rings. The minimum Gasteiger partial charge on any atom is -0.496 e. The van der Waals surface area contributed by atoms with Crippen LogP contribution in [0.4, 0.5) is 0 Å². The Morgan fingerprint density at radius 3 is 2.52 bits per heavy atom. The molecule has 1 aliphatic heterocycles. The summed E-state index contributed by atoms with van der Waals surface area (Å²) in [6.07, 6.45) is 7.80. The number of hydrogen-bond acceptors (Lipinski definition) is 2. The van der Waals surface area contributed by atoms with Crippen LogP contribution in [0, 0.1) is 0 Å². The van der Waals surface area contributed by atoms with Crippen molar-refractivity contribution in [3.05, 3.63) is 83.4 Å². The van der Waals surface area contributed by atoms with E-state index in [0.29, 0.717) is 0 Å². The monoisotopic (exact) mass is 305 g/mol. The summed E-state index contributed by atoms with van der Waals surface area (Å²) in [4.78, 5) is 2.48. The third-order valence-corrected chi connectivity index (χ3v) is 4.19. The minimum atomic E-state index is 0.922. The molecule has 0 aromatic heterocycles. The summed E-state index contributed by atoms with van der Waals surface area (Å²) >= 11 is 0. The lowest BCUT2D eigenvalue weighted by molar-refractivity contribution is 0.287. The van der Waals surface area contributed by atoms with E-state index >= 15 is 0 Å². The lowest BCUT2D eigenvalue weighted by Gasteiger charge is -2.25. The van der Waals surface area contributed by atoms with Crippen molar-refractivity contribution < 1.29 is 4.74 Å². The van der Waals surface area contributed by atoms with Gasteiger partial charge in [0.25, 0.3) is 0 Å². The van der Waals surface area contributed by atoms with Crippen molar-refractivity contribution in [1.29, 1.82) is 0 Å². The molecule has 0 atom stereocenters. The fourth-order valence-corrected chi connectivity index (χ4v) is 2.86. The van der Waals surface area contributed by atoms with E-state index in [1.54, 1.807) is 7.11 Å². The second-order valence-corrected chi connectivity index (χ2v) is 5.83. The van der Waals surface area contributed by atoms with Gasteiger partial charge >= 0.3 is 0 Å². The third-order valence-electron chi connectivity index (χ3n) is 4.19. The van der Waals surface area contributed by atoms with Gasteiger partial charge in [0.05, 0.1) is 7.11 Å². The first-order valence-electron chi connectivity index (χ1n) is 8.11. The van der Waals surface area contributed by atoms with Crippen molar-refractivity contribution in [2.24, 2.45) is 0 Å². The first kappa shape index (κ1) is 15.6. The molecule has 0 radical (unpaired) electrons. The van der Waals surface area contributed by atoms with Gasteiger partial charge in [0.2, 0.25) is 0 Å². The average Bonchev–Trinajstić information content (AvgIpc) is 2.62. The highest BCUT2D eigenvalue weighted by Crippen LogP contribution is 2.21. The average molecular weight is 305 g/mol. The summed E-state index contributed by atoms with van der Waals surface area (Å²) in [5, 5.41) is 0. The quantitative estimate of drug-likeness (QED) is 0.804. The van der Waals surface area contributed by atoms with Gasteiger partial charge in [-0.1, -0.05) is 66.8 Å². The van der Waals surface area contributed by atoms with Gasteiger partial charge in [-0.25, -0.2) is 0 Å². The van der Waals surface area contributed by atoms with Gasteiger partial charge < -0.3 is 4.74 Å². The van der Waals surface area contributed by atoms with Crippen molar-refractivity contribution >= 4 is 6.08 Å². The maximum Gasteiger partial charge on any atom is 0.126 e. The van der Waals surface area contributed by atoms with Crippen LogP contribution in [0.3, 0.4) is 0 Å². The molecule has 0 saturated carbocycles. The Labute approximate surface area is 138 Å². The predicted octanol–water partition coefficient (Wildman–Crippen LogP) is 4.54. The number of hydrogen-bond donors (Lipinski definition) is 0. The summed E-state index contributed by atoms with van der Waals surface area (Å²) in [5.74, 6) is 0.922. The van der Waals surface area contributed by atoms with Crippen LogP contribution < -0.4 is 4.74 Å². The summed E-state index contributed by atoms with van der Waals surface area (Å²) in [7, 11) is 1.72. The highest BCUT2D eigenvalue weighted by molar-refractivity contribution is 5.59. The van der Waals surface area contributed by atoms with Gasteiger partial charge in [-0.05, 0) is 23.6 Å². The Morgan fingerprint density at radius 2 is 1.78 bits per heavy atom. The third kappa shape index (κ3) is 4.33. The van der Waals surface area contributed by atoms with Crippen molar-refractivity contribution in [2.75, 3.05) is 20.2 Å². The molecule has 2 aromatic carbocycles. The SMILES string of the molecule is COc1ccccc1C=CC1=CCN(Cc2ccccc2)CC1. The normalized spacial score (nSPS) is 15.6. The molecule has 2 aromatic rings. The molecule has 0 N–H and O–H groups in total. The number of allylic oxidation sites excluding steroid dienone is 1. The lowest BCUT2D eigenvalue weighted by atomic mass is 10.1. The molecule has 23 heavy (non-hydrogen) atoms. The molecular weight excluding hydrogens is 282 g/mol. The maximum atomic E-state index is 5.39. The van der Waals surface area contributed by atoms with Crippen molar-refractivity contribution in [3.8, 4) is 5.75 Å². The van der Waals surface area contributed by atoms with Gasteiger partial charge in [-0.2, -0.15) is 0 Å². The number of ether oxygens (including phenoxy) is 1. The van der Waals surface area contributed by atoms with E-state index in [1.807, 2.05) is 18.2 Å². The molecule has 0 bridgehead atoms. The smallest absolute Gasteiger partial charge is 0.126 e.